The molecule has 0 spiro atoms. The predicted octanol–water partition coefficient (Wildman–Crippen LogP) is 4.95. The van der Waals surface area contributed by atoms with Crippen LogP contribution in [0.25, 0.3) is 0 Å². The van der Waals surface area contributed by atoms with Gasteiger partial charge in [-0.05, 0) is 24.3 Å². The van der Waals surface area contributed by atoms with Crippen molar-refractivity contribution in [1.29, 1.82) is 0 Å². The lowest BCUT2D eigenvalue weighted by Crippen LogP contribution is -2.02. The fraction of sp³-hybridized carbons (Fsp3) is 0.111. The van der Waals surface area contributed by atoms with Crippen molar-refractivity contribution in [2.45, 2.75) is 12.8 Å². The van der Waals surface area contributed by atoms with Gasteiger partial charge >= 0.3 is 11.4 Å². The molecule has 0 fully saturated rings. The number of ether oxygens (including phenoxy) is 1. The van der Waals surface area contributed by atoms with Gasteiger partial charge in [-0.1, -0.05) is 23.2 Å². The first-order valence-electron chi connectivity index (χ1n) is 7.28. The smallest absolute Gasteiger partial charge is 0.317 e. The van der Waals surface area contributed by atoms with E-state index in [4.69, 9.17) is 40.8 Å². The monoisotopic (exact) mass is 404 g/mol. The Balaban J connectivity index is 2.68. The fourth-order valence-electron chi connectivity index (χ4n) is 2.40. The summed E-state index contributed by atoms with van der Waals surface area (Å²) in [4.78, 5) is 21.6. The van der Waals surface area contributed by atoms with Crippen LogP contribution < -0.4 is 4.74 Å². The minimum Gasteiger partial charge on any atom is -0.443 e. The molecule has 27 heavy (non-hydrogen) atoms. The number of hydrogen-bond donors (Lipinski definition) is 0. The van der Waals surface area contributed by atoms with Gasteiger partial charge < -0.3 is 4.74 Å². The first-order chi connectivity index (χ1) is 12.8. The SMILES string of the molecule is C#CCc1c(Cl)ccc(Oc2ccc(Cl)c(CC#C)c2[N+](=O)[O-])c1[N+](=O)[O-]. The van der Waals surface area contributed by atoms with Crippen molar-refractivity contribution in [3.05, 3.63) is 65.7 Å². The maximum atomic E-state index is 11.5. The van der Waals surface area contributed by atoms with Crippen molar-refractivity contribution >= 4 is 34.6 Å². The van der Waals surface area contributed by atoms with Gasteiger partial charge in [0.1, 0.15) is 0 Å². The zero-order valence-electron chi connectivity index (χ0n) is 13.6. The Labute approximate surface area is 164 Å². The molecule has 0 aliphatic carbocycles. The zero-order chi connectivity index (χ0) is 20.1. The molecule has 0 N–H and O–H groups in total. The van der Waals surface area contributed by atoms with Crippen LogP contribution in [0.5, 0.6) is 11.5 Å². The summed E-state index contributed by atoms with van der Waals surface area (Å²) >= 11 is 12.0. The van der Waals surface area contributed by atoms with Crippen molar-refractivity contribution < 1.29 is 14.6 Å². The van der Waals surface area contributed by atoms with Crippen LogP contribution in [0.1, 0.15) is 11.1 Å². The molecule has 0 bridgehead atoms. The van der Waals surface area contributed by atoms with Crippen LogP contribution >= 0.6 is 23.2 Å². The normalized spacial score (nSPS) is 9.93. The second kappa shape index (κ2) is 8.41. The van der Waals surface area contributed by atoms with Crippen LogP contribution in [-0.4, -0.2) is 9.85 Å². The summed E-state index contributed by atoms with van der Waals surface area (Å²) in [5.41, 5.74) is -0.796. The minimum absolute atomic E-state index is 0.0714. The minimum atomic E-state index is -0.710. The Morgan fingerprint density at radius 2 is 1.22 bits per heavy atom. The van der Waals surface area contributed by atoms with Crippen molar-refractivity contribution in [3.63, 3.8) is 0 Å². The summed E-state index contributed by atoms with van der Waals surface area (Å²) in [5, 5.41) is 23.2. The van der Waals surface area contributed by atoms with E-state index >= 15 is 0 Å². The van der Waals surface area contributed by atoms with Crippen molar-refractivity contribution in [3.8, 4) is 36.2 Å². The average Bonchev–Trinajstić information content (AvgIpc) is 2.60. The molecule has 0 aromatic heterocycles. The van der Waals surface area contributed by atoms with Crippen molar-refractivity contribution in [2.24, 2.45) is 0 Å². The van der Waals surface area contributed by atoms with Crippen LogP contribution in [0, 0.1) is 44.9 Å². The van der Waals surface area contributed by atoms with E-state index in [9.17, 15) is 20.2 Å². The third kappa shape index (κ3) is 4.12. The third-order valence-electron chi connectivity index (χ3n) is 3.52. The average molecular weight is 405 g/mol. The van der Waals surface area contributed by atoms with Gasteiger partial charge in [0.2, 0.25) is 11.5 Å². The second-order valence-corrected chi connectivity index (χ2v) is 5.94. The largest absolute Gasteiger partial charge is 0.443 e. The molecule has 0 atom stereocenters. The van der Waals surface area contributed by atoms with Gasteiger partial charge in [0.05, 0.1) is 31.0 Å². The molecular weight excluding hydrogens is 395 g/mol. The van der Waals surface area contributed by atoms with Crippen LogP contribution in [0.3, 0.4) is 0 Å². The lowest BCUT2D eigenvalue weighted by atomic mass is 10.1. The standard InChI is InChI=1S/C18H10Cl2N2O5/c1-3-5-11-13(19)7-9-15(17(11)21(23)24)27-16-10-8-14(20)12(6-4-2)18(16)22(25)26/h1-2,7-10H,5-6H2. The van der Waals surface area contributed by atoms with Gasteiger partial charge in [-0.25, -0.2) is 0 Å². The molecule has 7 nitrogen and oxygen atoms in total. The quantitative estimate of drug-likeness (QED) is 0.385. The number of benzene rings is 2. The highest BCUT2D eigenvalue weighted by molar-refractivity contribution is 6.32. The molecule has 0 heterocycles. The molecule has 0 saturated carbocycles. The first kappa shape index (κ1) is 20.1. The Morgan fingerprint density at radius 1 is 0.852 bits per heavy atom. The summed E-state index contributed by atoms with van der Waals surface area (Å²) in [6.45, 7) is 0. The van der Waals surface area contributed by atoms with Crippen LogP contribution in [0.4, 0.5) is 11.4 Å². The van der Waals surface area contributed by atoms with Gasteiger partial charge in [-0.3, -0.25) is 20.2 Å². The number of hydrogen-bond acceptors (Lipinski definition) is 5. The first-order valence-corrected chi connectivity index (χ1v) is 8.03. The molecule has 0 amide bonds. The highest BCUT2D eigenvalue weighted by atomic mass is 35.5. The lowest BCUT2D eigenvalue weighted by molar-refractivity contribution is -0.388. The highest BCUT2D eigenvalue weighted by Gasteiger charge is 2.28. The van der Waals surface area contributed by atoms with E-state index in [0.29, 0.717) is 0 Å². The van der Waals surface area contributed by atoms with Crippen LogP contribution in [0.15, 0.2) is 24.3 Å². The molecule has 0 unspecified atom stereocenters. The van der Waals surface area contributed by atoms with Gasteiger partial charge in [0.15, 0.2) is 0 Å². The fourth-order valence-corrected chi connectivity index (χ4v) is 2.84. The number of nitro groups is 2. The summed E-state index contributed by atoms with van der Waals surface area (Å²) in [7, 11) is 0. The second-order valence-electron chi connectivity index (χ2n) is 5.12. The van der Waals surface area contributed by atoms with E-state index in [0.717, 1.165) is 0 Å². The summed E-state index contributed by atoms with van der Waals surface area (Å²) in [6.07, 6.45) is 10.3. The summed E-state index contributed by atoms with van der Waals surface area (Å²) < 4.78 is 5.51. The van der Waals surface area contributed by atoms with E-state index in [1.54, 1.807) is 0 Å². The molecule has 0 radical (unpaired) electrons. The maximum absolute atomic E-state index is 11.5. The molecule has 0 aliphatic heterocycles. The van der Waals surface area contributed by atoms with Crippen LogP contribution in [-0.2, 0) is 12.8 Å². The summed E-state index contributed by atoms with van der Waals surface area (Å²) in [5.74, 6) is 4.08. The van der Waals surface area contributed by atoms with Gasteiger partial charge in [0, 0.05) is 12.8 Å². The van der Waals surface area contributed by atoms with Crippen molar-refractivity contribution in [2.75, 3.05) is 0 Å². The topological polar surface area (TPSA) is 95.5 Å². The van der Waals surface area contributed by atoms with E-state index in [1.807, 2.05) is 0 Å². The molecule has 2 rings (SSSR count). The Hall–Kier alpha value is -3.26. The number of nitrogens with zero attached hydrogens (tertiary/aromatic N) is 2. The molecular formula is C18H10Cl2N2O5. The van der Waals surface area contributed by atoms with Gasteiger partial charge in [0.25, 0.3) is 0 Å². The lowest BCUT2D eigenvalue weighted by Gasteiger charge is -2.12. The van der Waals surface area contributed by atoms with Gasteiger partial charge in [-0.2, -0.15) is 0 Å². The molecule has 0 saturated heterocycles. The predicted molar refractivity (Wildman–Crippen MR) is 101 cm³/mol. The van der Waals surface area contributed by atoms with E-state index in [-0.39, 0.29) is 45.5 Å². The van der Waals surface area contributed by atoms with E-state index in [2.05, 4.69) is 11.8 Å². The third-order valence-corrected chi connectivity index (χ3v) is 4.23. The number of halogens is 2. The van der Waals surface area contributed by atoms with E-state index < -0.39 is 21.2 Å². The maximum Gasteiger partial charge on any atom is 0.317 e. The molecule has 2 aromatic carbocycles. The molecule has 2 aromatic rings. The Bertz CT molecular complexity index is 940. The van der Waals surface area contributed by atoms with Crippen LogP contribution in [0.2, 0.25) is 10.0 Å². The Morgan fingerprint density at radius 3 is 1.52 bits per heavy atom. The molecule has 9 heteroatoms. The van der Waals surface area contributed by atoms with Gasteiger partial charge in [-0.15, -0.1) is 24.7 Å². The number of nitro benzene ring substituents is 2. The molecule has 136 valence electrons. The Kier molecular flexibility index (Phi) is 6.25. The highest BCUT2D eigenvalue weighted by Crippen LogP contribution is 2.43. The van der Waals surface area contributed by atoms with E-state index in [1.165, 1.54) is 24.3 Å². The number of rotatable bonds is 6. The zero-order valence-corrected chi connectivity index (χ0v) is 15.1. The summed E-state index contributed by atoms with van der Waals surface area (Å²) in [6, 6.07) is 5.20. The number of terminal acetylenes is 2. The van der Waals surface area contributed by atoms with Crippen molar-refractivity contribution in [1.82, 2.24) is 0 Å². The molecule has 0 aliphatic rings.